The van der Waals surface area contributed by atoms with Gasteiger partial charge in [0.1, 0.15) is 5.66 Å². The zero-order valence-electron chi connectivity index (χ0n) is 14.6. The fourth-order valence-electron chi connectivity index (χ4n) is 4.10. The maximum absolute atomic E-state index is 3.94. The molecule has 1 N–H and O–H groups in total. The Bertz CT molecular complexity index is 589. The standard InChI is InChI=1S/C19H29N2Si/c1-18(2,3)20-19(4)13-8-14-21(19,5)22-17-12-11-15-9-6-7-10-16(15)17/h6-7,9-12,17,20H,8,13-14H2,1-5H3/q+1. The molecule has 2 nitrogen and oxygen atoms in total. The van der Waals surface area contributed by atoms with Gasteiger partial charge in [0.25, 0.3) is 0 Å². The van der Waals surface area contributed by atoms with Gasteiger partial charge in [-0.3, -0.25) is 5.32 Å². The molecular weight excluding hydrogens is 284 g/mol. The van der Waals surface area contributed by atoms with Crippen molar-refractivity contribution < 1.29 is 4.15 Å². The summed E-state index contributed by atoms with van der Waals surface area (Å²) in [7, 11) is 3.34. The van der Waals surface area contributed by atoms with Crippen molar-refractivity contribution in [2.45, 2.75) is 57.3 Å². The Morgan fingerprint density at radius 3 is 2.73 bits per heavy atom. The summed E-state index contributed by atoms with van der Waals surface area (Å²) < 4.78 is 1.15. The Morgan fingerprint density at radius 2 is 2.00 bits per heavy atom. The maximum atomic E-state index is 3.94. The molecule has 1 aromatic carbocycles. The summed E-state index contributed by atoms with van der Waals surface area (Å²) in [5.74, 6) is 0. The number of benzene rings is 1. The predicted octanol–water partition coefficient (Wildman–Crippen LogP) is 3.72. The molecule has 3 heteroatoms. The van der Waals surface area contributed by atoms with E-state index in [9.17, 15) is 0 Å². The molecule has 3 atom stereocenters. The van der Waals surface area contributed by atoms with E-state index in [-0.39, 0.29) is 11.2 Å². The Morgan fingerprint density at radius 1 is 1.27 bits per heavy atom. The number of quaternary nitrogens is 1. The molecule has 3 unspecified atom stereocenters. The molecule has 3 rings (SSSR count). The monoisotopic (exact) mass is 313 g/mol. The quantitative estimate of drug-likeness (QED) is 0.839. The van der Waals surface area contributed by atoms with E-state index in [1.165, 1.54) is 30.5 Å². The third kappa shape index (κ3) is 2.82. The van der Waals surface area contributed by atoms with Crippen molar-refractivity contribution in [2.75, 3.05) is 13.6 Å². The van der Waals surface area contributed by atoms with E-state index >= 15 is 0 Å². The first-order valence-electron chi connectivity index (χ1n) is 8.42. The van der Waals surface area contributed by atoms with Crippen LogP contribution in [0.25, 0.3) is 6.08 Å². The number of fused-ring (bicyclic) bond motifs is 1. The van der Waals surface area contributed by atoms with E-state index in [1.807, 2.05) is 0 Å². The number of nitrogens with one attached hydrogen (secondary N) is 1. The first kappa shape index (κ1) is 16.0. The van der Waals surface area contributed by atoms with Crippen LogP contribution in [0.2, 0.25) is 0 Å². The average Bonchev–Trinajstić information content (AvgIpc) is 2.91. The molecule has 0 aromatic heterocycles. The molecule has 1 aliphatic carbocycles. The smallest absolute Gasteiger partial charge is 0.365 e. The normalized spacial score (nSPS) is 34.1. The van der Waals surface area contributed by atoms with E-state index in [2.05, 4.69) is 76.5 Å². The topological polar surface area (TPSA) is 12.0 Å². The molecule has 1 heterocycles. The number of allylic oxidation sites excluding steroid dienone is 1. The molecule has 0 amide bonds. The van der Waals surface area contributed by atoms with Crippen LogP contribution < -0.4 is 5.32 Å². The van der Waals surface area contributed by atoms with Crippen molar-refractivity contribution in [3.8, 4) is 0 Å². The molecule has 22 heavy (non-hydrogen) atoms. The zero-order chi connectivity index (χ0) is 16.0. The lowest BCUT2D eigenvalue weighted by Gasteiger charge is -2.48. The van der Waals surface area contributed by atoms with Gasteiger partial charge in [-0.25, -0.2) is 0 Å². The Kier molecular flexibility index (Phi) is 3.87. The molecule has 1 aliphatic heterocycles. The average molecular weight is 314 g/mol. The number of hydrogen-bond donors (Lipinski definition) is 1. The van der Waals surface area contributed by atoms with Crippen LogP contribution in [0.1, 0.15) is 57.2 Å². The largest absolute Gasteiger partial charge is 0.405 e. The third-order valence-electron chi connectivity index (χ3n) is 5.23. The van der Waals surface area contributed by atoms with Gasteiger partial charge in [0, 0.05) is 25.3 Å². The zero-order valence-corrected chi connectivity index (χ0v) is 15.6. The first-order valence-corrected chi connectivity index (χ1v) is 9.45. The number of hydrogen-bond acceptors (Lipinski definition) is 1. The summed E-state index contributed by atoms with van der Waals surface area (Å²) in [4.78, 5) is 0. The highest BCUT2D eigenvalue weighted by Gasteiger charge is 2.52. The summed E-state index contributed by atoms with van der Waals surface area (Å²) in [5, 5.41) is 3.94. The number of rotatable bonds is 3. The summed E-state index contributed by atoms with van der Waals surface area (Å²) in [6.45, 7) is 10.6. The summed E-state index contributed by atoms with van der Waals surface area (Å²) in [6.07, 6.45) is 7.32. The third-order valence-corrected chi connectivity index (χ3v) is 7.29. The lowest BCUT2D eigenvalue weighted by molar-refractivity contribution is -0.847. The van der Waals surface area contributed by atoms with E-state index in [0.29, 0.717) is 5.54 Å². The second kappa shape index (κ2) is 5.33. The van der Waals surface area contributed by atoms with Gasteiger partial charge in [0.15, 0.2) is 0 Å². The Hall–Kier alpha value is -0.903. The van der Waals surface area contributed by atoms with Crippen LogP contribution in [0, 0.1) is 0 Å². The van der Waals surface area contributed by atoms with Crippen molar-refractivity contribution in [3.63, 3.8) is 0 Å². The second-order valence-corrected chi connectivity index (χ2v) is 10.1. The van der Waals surface area contributed by atoms with Crippen molar-refractivity contribution in [3.05, 3.63) is 41.5 Å². The van der Waals surface area contributed by atoms with Gasteiger partial charge in [-0.15, -0.1) is 0 Å². The molecule has 0 saturated carbocycles. The lowest BCUT2D eigenvalue weighted by atomic mass is 10.0. The second-order valence-electron chi connectivity index (χ2n) is 8.26. The van der Waals surface area contributed by atoms with E-state index in [0.717, 1.165) is 13.8 Å². The van der Waals surface area contributed by atoms with Gasteiger partial charge >= 0.3 is 9.68 Å². The number of nitrogens with zero attached hydrogens (tertiary/aromatic N) is 1. The predicted molar refractivity (Wildman–Crippen MR) is 95.6 cm³/mol. The van der Waals surface area contributed by atoms with E-state index < -0.39 is 0 Å². The maximum Gasteiger partial charge on any atom is 0.405 e. The summed E-state index contributed by atoms with van der Waals surface area (Å²) >= 11 is 0. The Labute approximate surface area is 138 Å². The minimum absolute atomic E-state index is 0.159. The molecule has 118 valence electrons. The SMILES string of the molecule is CC(C)(C)NC1(C)CCC[N+]1(C)[Si]C1C=Cc2ccccc21. The molecule has 1 aromatic rings. The van der Waals surface area contributed by atoms with Crippen LogP contribution in [0.5, 0.6) is 0 Å². The number of likely N-dealkylation sites (tertiary alicyclic amines) is 1. The van der Waals surface area contributed by atoms with Gasteiger partial charge < -0.3 is 4.15 Å². The van der Waals surface area contributed by atoms with Crippen LogP contribution in [0.4, 0.5) is 0 Å². The molecule has 0 bridgehead atoms. The van der Waals surface area contributed by atoms with Crippen LogP contribution in [-0.4, -0.2) is 38.6 Å². The molecule has 1 fully saturated rings. The van der Waals surface area contributed by atoms with Crippen LogP contribution in [-0.2, 0) is 0 Å². The van der Waals surface area contributed by atoms with Crippen molar-refractivity contribution in [1.29, 1.82) is 0 Å². The highest BCUT2D eigenvalue weighted by molar-refractivity contribution is 6.31. The van der Waals surface area contributed by atoms with Crippen LogP contribution >= 0.6 is 0 Å². The van der Waals surface area contributed by atoms with Crippen molar-refractivity contribution in [2.24, 2.45) is 0 Å². The van der Waals surface area contributed by atoms with Gasteiger partial charge in [-0.05, 0) is 31.9 Å². The van der Waals surface area contributed by atoms with E-state index in [4.69, 9.17) is 0 Å². The molecule has 2 radical (unpaired) electrons. The fraction of sp³-hybridized carbons (Fsp3) is 0.579. The lowest BCUT2D eigenvalue weighted by Crippen LogP contribution is -2.69. The minimum atomic E-state index is 0.159. The highest BCUT2D eigenvalue weighted by atomic mass is 28.2. The van der Waals surface area contributed by atoms with Crippen LogP contribution in [0.3, 0.4) is 0 Å². The Balaban J connectivity index is 1.83. The van der Waals surface area contributed by atoms with Crippen molar-refractivity contribution in [1.82, 2.24) is 5.32 Å². The van der Waals surface area contributed by atoms with Crippen LogP contribution in [0.15, 0.2) is 30.3 Å². The molecular formula is C19H29N2Si+. The van der Waals surface area contributed by atoms with Gasteiger partial charge in [-0.2, -0.15) is 0 Å². The first-order chi connectivity index (χ1) is 10.2. The van der Waals surface area contributed by atoms with Crippen molar-refractivity contribution >= 4 is 15.8 Å². The fourth-order valence-corrected chi connectivity index (χ4v) is 6.04. The summed E-state index contributed by atoms with van der Waals surface area (Å²) in [5.41, 5.74) is 3.86. The van der Waals surface area contributed by atoms with E-state index in [1.54, 1.807) is 0 Å². The minimum Gasteiger partial charge on any atom is -0.365 e. The highest BCUT2D eigenvalue weighted by Crippen LogP contribution is 2.38. The molecule has 1 saturated heterocycles. The van der Waals surface area contributed by atoms with Gasteiger partial charge in [0.05, 0.1) is 19.1 Å². The van der Waals surface area contributed by atoms with Gasteiger partial charge in [-0.1, -0.05) is 36.4 Å². The molecule has 0 spiro atoms. The molecule has 2 aliphatic rings. The summed E-state index contributed by atoms with van der Waals surface area (Å²) in [6, 6.07) is 8.88. The van der Waals surface area contributed by atoms with Gasteiger partial charge in [0.2, 0.25) is 0 Å².